The van der Waals surface area contributed by atoms with Crippen molar-refractivity contribution >= 4 is 61.5 Å². The summed E-state index contributed by atoms with van der Waals surface area (Å²) in [7, 11) is -3.57. The summed E-state index contributed by atoms with van der Waals surface area (Å²) in [6, 6.07) is 6.54. The highest BCUT2D eigenvalue weighted by atomic mass is 127. The van der Waals surface area contributed by atoms with E-state index < -0.39 is 15.2 Å². The molecular formula is C10H8Cl2INO2S. The summed E-state index contributed by atoms with van der Waals surface area (Å²) >= 11 is 13.1. The smallest absolute Gasteiger partial charge is 0.250 e. The first-order chi connectivity index (χ1) is 8.01. The Balaban J connectivity index is 3.18. The third-order valence-electron chi connectivity index (χ3n) is 1.86. The van der Waals surface area contributed by atoms with E-state index in [4.69, 9.17) is 23.2 Å². The number of halogens is 3. The van der Waals surface area contributed by atoms with Crippen LogP contribution in [0.25, 0.3) is 0 Å². The lowest BCUT2D eigenvalue weighted by Gasteiger charge is -2.20. The van der Waals surface area contributed by atoms with Crippen molar-refractivity contribution < 1.29 is 8.42 Å². The quantitative estimate of drug-likeness (QED) is 0.440. The van der Waals surface area contributed by atoms with Crippen LogP contribution in [0.1, 0.15) is 0 Å². The van der Waals surface area contributed by atoms with Gasteiger partial charge >= 0.3 is 0 Å². The largest absolute Gasteiger partial charge is 0.257 e. The zero-order chi connectivity index (χ0) is 12.9. The molecule has 0 amide bonds. The molecule has 17 heavy (non-hydrogen) atoms. The maximum atomic E-state index is 11.8. The molecule has 0 fully saturated rings. The molecule has 0 unspecified atom stereocenters. The second-order valence-corrected chi connectivity index (χ2v) is 6.43. The van der Waals surface area contributed by atoms with Gasteiger partial charge in [-0.05, 0) is 22.1 Å². The summed E-state index contributed by atoms with van der Waals surface area (Å²) in [4.78, 5) is 0. The molecule has 0 aliphatic carbocycles. The molecule has 1 aromatic rings. The third kappa shape index (κ3) is 4.21. The van der Waals surface area contributed by atoms with E-state index >= 15 is 0 Å². The van der Waals surface area contributed by atoms with Gasteiger partial charge in [0.25, 0.3) is 0 Å². The highest BCUT2D eigenvalue weighted by molar-refractivity contribution is 14.1. The summed E-state index contributed by atoms with van der Waals surface area (Å²) in [6.07, 6.45) is 0. The minimum Gasteiger partial charge on any atom is -0.257 e. The van der Waals surface area contributed by atoms with Crippen LogP contribution in [0.3, 0.4) is 0 Å². The van der Waals surface area contributed by atoms with E-state index in [0.717, 1.165) is 4.31 Å². The molecule has 0 aromatic heterocycles. The molecule has 0 spiro atoms. The van der Waals surface area contributed by atoms with Crippen LogP contribution in [0.15, 0.2) is 24.3 Å². The number of hydrogen-bond donors (Lipinski definition) is 0. The fourth-order valence-corrected chi connectivity index (χ4v) is 2.66. The van der Waals surface area contributed by atoms with Gasteiger partial charge in [0.1, 0.15) is 5.21 Å². The fraction of sp³-hybridized carbons (Fsp3) is 0.200. The Hall–Kier alpha value is -0.160. The molecule has 0 heterocycles. The van der Waals surface area contributed by atoms with Crippen LogP contribution in [-0.4, -0.2) is 20.2 Å². The molecule has 0 saturated carbocycles. The van der Waals surface area contributed by atoms with E-state index in [1.807, 2.05) is 22.6 Å². The molecule has 0 N–H and O–H groups in total. The zero-order valence-electron chi connectivity index (χ0n) is 8.53. The first kappa shape index (κ1) is 14.9. The molecular weight excluding hydrogens is 396 g/mol. The molecule has 7 heteroatoms. The Kier molecular flexibility index (Phi) is 5.86. The fourth-order valence-electron chi connectivity index (χ4n) is 1.14. The van der Waals surface area contributed by atoms with Crippen molar-refractivity contribution in [1.29, 1.82) is 0 Å². The normalized spacial score (nSPS) is 10.5. The number of sulfonamides is 1. The van der Waals surface area contributed by atoms with Crippen LogP contribution in [0.4, 0.5) is 5.69 Å². The zero-order valence-corrected chi connectivity index (χ0v) is 13.0. The number of anilines is 1. The van der Waals surface area contributed by atoms with Crippen LogP contribution in [-0.2, 0) is 10.0 Å². The van der Waals surface area contributed by atoms with Crippen molar-refractivity contribution in [2.75, 3.05) is 16.1 Å². The highest BCUT2D eigenvalue weighted by Crippen LogP contribution is 2.22. The summed E-state index contributed by atoms with van der Waals surface area (Å²) in [5.74, 6) is 2.69. The first-order valence-corrected chi connectivity index (χ1v) is 8.01. The van der Waals surface area contributed by atoms with Crippen LogP contribution >= 0.6 is 45.8 Å². The van der Waals surface area contributed by atoms with Crippen LogP contribution in [0, 0.1) is 9.85 Å². The molecule has 92 valence electrons. The van der Waals surface area contributed by atoms with Crippen molar-refractivity contribution in [3.05, 3.63) is 29.3 Å². The van der Waals surface area contributed by atoms with Crippen LogP contribution < -0.4 is 4.31 Å². The standard InChI is InChI=1S/C10H8Cl2INO2S/c11-8-17(15,16)14(6-2-5-13)10-4-1-3-9(12)7-10/h1,3-4,7H,6,8H2. The van der Waals surface area contributed by atoms with Gasteiger partial charge in [0.2, 0.25) is 10.0 Å². The van der Waals surface area contributed by atoms with E-state index in [2.05, 4.69) is 9.85 Å². The van der Waals surface area contributed by atoms with Gasteiger partial charge in [0.05, 0.1) is 12.2 Å². The molecule has 0 radical (unpaired) electrons. The summed E-state index contributed by atoms with van der Waals surface area (Å²) in [6.45, 7) is 0.0539. The SMILES string of the molecule is O=S(=O)(CCl)N(CC#CI)c1cccc(Cl)c1. The van der Waals surface area contributed by atoms with E-state index in [-0.39, 0.29) is 6.54 Å². The number of alkyl halides is 1. The number of benzene rings is 1. The Morgan fingerprint density at radius 1 is 1.41 bits per heavy atom. The lowest BCUT2D eigenvalue weighted by Crippen LogP contribution is -2.32. The Bertz CT molecular complexity index is 551. The van der Waals surface area contributed by atoms with Gasteiger partial charge in [-0.1, -0.05) is 23.6 Å². The van der Waals surface area contributed by atoms with Gasteiger partial charge in [-0.2, -0.15) is 0 Å². The second-order valence-electron chi connectivity index (χ2n) is 2.98. The number of rotatable bonds is 4. The summed E-state index contributed by atoms with van der Waals surface area (Å²) < 4.78 is 27.3. The maximum absolute atomic E-state index is 11.8. The van der Waals surface area contributed by atoms with Gasteiger partial charge < -0.3 is 0 Å². The first-order valence-electron chi connectivity index (χ1n) is 4.41. The van der Waals surface area contributed by atoms with Gasteiger partial charge in [-0.15, -0.1) is 11.6 Å². The average molecular weight is 404 g/mol. The Labute approximate surface area is 124 Å². The second kappa shape index (κ2) is 6.69. The van der Waals surface area contributed by atoms with Crippen molar-refractivity contribution in [3.8, 4) is 9.85 Å². The maximum Gasteiger partial charge on any atom is 0.250 e. The molecule has 0 atom stereocenters. The minimum atomic E-state index is -3.57. The molecule has 1 rings (SSSR count). The third-order valence-corrected chi connectivity index (χ3v) is 4.59. The molecule has 0 aliphatic rings. The van der Waals surface area contributed by atoms with Gasteiger partial charge in [0, 0.05) is 27.6 Å². The van der Waals surface area contributed by atoms with Crippen molar-refractivity contribution in [1.82, 2.24) is 0 Å². The molecule has 1 aromatic carbocycles. The molecule has 0 aliphatic heterocycles. The predicted octanol–water partition coefficient (Wildman–Crippen LogP) is 3.07. The molecule has 0 bridgehead atoms. The van der Waals surface area contributed by atoms with E-state index in [1.165, 1.54) is 0 Å². The Morgan fingerprint density at radius 2 is 2.12 bits per heavy atom. The van der Waals surface area contributed by atoms with Crippen molar-refractivity contribution in [3.63, 3.8) is 0 Å². The monoisotopic (exact) mass is 403 g/mol. The van der Waals surface area contributed by atoms with Gasteiger partial charge in [0.15, 0.2) is 0 Å². The van der Waals surface area contributed by atoms with Gasteiger partial charge in [-0.25, -0.2) is 8.42 Å². The van der Waals surface area contributed by atoms with Gasteiger partial charge in [-0.3, -0.25) is 4.31 Å². The van der Waals surface area contributed by atoms with Crippen molar-refractivity contribution in [2.24, 2.45) is 0 Å². The minimum absolute atomic E-state index is 0.0539. The Morgan fingerprint density at radius 3 is 2.65 bits per heavy atom. The summed E-state index contributed by atoms with van der Waals surface area (Å²) in [5, 5.41) is -0.0395. The van der Waals surface area contributed by atoms with Crippen LogP contribution in [0.5, 0.6) is 0 Å². The predicted molar refractivity (Wildman–Crippen MR) is 80.2 cm³/mol. The van der Waals surface area contributed by atoms with E-state index in [9.17, 15) is 8.42 Å². The lowest BCUT2D eigenvalue weighted by molar-refractivity contribution is 0.597. The average Bonchev–Trinajstić information content (AvgIpc) is 2.29. The van der Waals surface area contributed by atoms with Crippen molar-refractivity contribution in [2.45, 2.75) is 0 Å². The topological polar surface area (TPSA) is 37.4 Å². The highest BCUT2D eigenvalue weighted by Gasteiger charge is 2.20. The summed E-state index contributed by atoms with van der Waals surface area (Å²) in [5.41, 5.74) is 0.456. The lowest BCUT2D eigenvalue weighted by atomic mass is 10.3. The number of hydrogen-bond acceptors (Lipinski definition) is 2. The molecule has 0 saturated heterocycles. The number of nitrogens with zero attached hydrogens (tertiary/aromatic N) is 1. The molecule has 3 nitrogen and oxygen atoms in total. The van der Waals surface area contributed by atoms with E-state index in [1.54, 1.807) is 24.3 Å². The van der Waals surface area contributed by atoms with Crippen LogP contribution in [0.2, 0.25) is 5.02 Å². The van der Waals surface area contributed by atoms with E-state index in [0.29, 0.717) is 10.7 Å².